The van der Waals surface area contributed by atoms with E-state index in [1.165, 1.54) is 4.57 Å². The van der Waals surface area contributed by atoms with Crippen molar-refractivity contribution in [2.75, 3.05) is 5.73 Å². The van der Waals surface area contributed by atoms with Crippen molar-refractivity contribution in [2.45, 2.75) is 20.4 Å². The topological polar surface area (TPSA) is 102 Å². The van der Waals surface area contributed by atoms with E-state index in [2.05, 4.69) is 15.5 Å². The summed E-state index contributed by atoms with van der Waals surface area (Å²) in [5.74, 6) is -0.391. The highest BCUT2D eigenvalue weighted by molar-refractivity contribution is 5.99. The molecular formula is C19H19N5O2. The summed E-state index contributed by atoms with van der Waals surface area (Å²) in [4.78, 5) is 28.9. The summed E-state index contributed by atoms with van der Waals surface area (Å²) in [7, 11) is 0. The Morgan fingerprint density at radius 1 is 1.19 bits per heavy atom. The van der Waals surface area contributed by atoms with Crippen molar-refractivity contribution in [1.29, 1.82) is 0 Å². The van der Waals surface area contributed by atoms with Gasteiger partial charge in [0.1, 0.15) is 12.2 Å². The second-order valence-corrected chi connectivity index (χ2v) is 5.93. The molecule has 0 spiro atoms. The lowest BCUT2D eigenvalue weighted by Crippen LogP contribution is -2.32. The Balaban J connectivity index is 1.81. The van der Waals surface area contributed by atoms with Crippen molar-refractivity contribution in [3.05, 3.63) is 70.1 Å². The summed E-state index contributed by atoms with van der Waals surface area (Å²) >= 11 is 0. The minimum Gasteiger partial charge on any atom is -0.399 e. The molecule has 7 heteroatoms. The molecule has 0 fully saturated rings. The van der Waals surface area contributed by atoms with Crippen LogP contribution in [0, 0.1) is 6.92 Å². The van der Waals surface area contributed by atoms with Gasteiger partial charge in [0.15, 0.2) is 0 Å². The summed E-state index contributed by atoms with van der Waals surface area (Å²) in [6.45, 7) is 3.28. The van der Waals surface area contributed by atoms with Gasteiger partial charge in [-0.15, -0.1) is 0 Å². The maximum Gasteiger partial charge on any atom is 0.272 e. The van der Waals surface area contributed by atoms with E-state index in [4.69, 9.17) is 5.73 Å². The molecule has 7 nitrogen and oxygen atoms in total. The number of nitrogens with zero attached hydrogens (tertiary/aromatic N) is 3. The number of aryl methyl sites for hydroxylation is 1. The minimum atomic E-state index is -0.391. The first-order chi connectivity index (χ1) is 12.5. The second kappa shape index (κ2) is 7.18. The molecule has 3 rings (SSSR count). The van der Waals surface area contributed by atoms with Crippen LogP contribution in [0.25, 0.3) is 11.0 Å². The van der Waals surface area contributed by atoms with Gasteiger partial charge in [-0.3, -0.25) is 14.2 Å². The smallest absolute Gasteiger partial charge is 0.272 e. The zero-order valence-electron chi connectivity index (χ0n) is 14.6. The van der Waals surface area contributed by atoms with E-state index in [-0.39, 0.29) is 12.1 Å². The molecule has 0 bridgehead atoms. The third kappa shape index (κ3) is 3.61. The Bertz CT molecular complexity index is 1050. The predicted molar refractivity (Wildman–Crippen MR) is 102 cm³/mol. The van der Waals surface area contributed by atoms with Crippen LogP contribution in [0.15, 0.2) is 58.4 Å². The molecule has 0 unspecified atom stereocenters. The lowest BCUT2D eigenvalue weighted by Gasteiger charge is -2.10. The Hall–Kier alpha value is -3.48. The van der Waals surface area contributed by atoms with Gasteiger partial charge in [0.05, 0.1) is 16.7 Å². The van der Waals surface area contributed by atoms with Crippen LogP contribution in [0.2, 0.25) is 0 Å². The highest BCUT2D eigenvalue weighted by atomic mass is 16.2. The van der Waals surface area contributed by atoms with E-state index < -0.39 is 5.91 Å². The monoisotopic (exact) mass is 349 g/mol. The number of hydrogen-bond acceptors (Lipinski definition) is 5. The van der Waals surface area contributed by atoms with Crippen molar-refractivity contribution in [3.63, 3.8) is 0 Å². The van der Waals surface area contributed by atoms with Crippen LogP contribution in [-0.2, 0) is 11.3 Å². The first kappa shape index (κ1) is 17.3. The van der Waals surface area contributed by atoms with E-state index in [9.17, 15) is 9.59 Å². The van der Waals surface area contributed by atoms with Gasteiger partial charge in [-0.05, 0) is 43.7 Å². The number of nitrogen functional groups attached to an aromatic ring is 1. The molecule has 0 aliphatic heterocycles. The lowest BCUT2D eigenvalue weighted by atomic mass is 10.1. The van der Waals surface area contributed by atoms with E-state index in [0.29, 0.717) is 28.1 Å². The largest absolute Gasteiger partial charge is 0.399 e. The van der Waals surface area contributed by atoms with Gasteiger partial charge in [0.25, 0.3) is 11.5 Å². The van der Waals surface area contributed by atoms with Gasteiger partial charge >= 0.3 is 0 Å². The number of hydrogen-bond donors (Lipinski definition) is 2. The Morgan fingerprint density at radius 3 is 2.62 bits per heavy atom. The standard InChI is InChI=1S/C19H19N5O2/c1-12(14-7-9-15(20)10-8-14)22-23-18(25)11-24-17-6-4-3-5-16(17)21-13(2)19(24)26/h3-10H,11,20H2,1-2H3,(H,23,25)/b22-12+. The molecule has 2 aromatic carbocycles. The SMILES string of the molecule is C/C(=N\NC(=O)Cn1c(=O)c(C)nc2ccccc21)c1ccc(N)cc1. The molecule has 0 radical (unpaired) electrons. The summed E-state index contributed by atoms with van der Waals surface area (Å²) in [6, 6.07) is 14.4. The number of nitrogens with two attached hydrogens (primary N) is 1. The number of carbonyl (C=O) groups excluding carboxylic acids is 1. The van der Waals surface area contributed by atoms with Gasteiger partial charge < -0.3 is 5.73 Å². The van der Waals surface area contributed by atoms with E-state index in [1.54, 1.807) is 44.2 Å². The van der Waals surface area contributed by atoms with Crippen LogP contribution < -0.4 is 16.7 Å². The second-order valence-electron chi connectivity index (χ2n) is 5.93. The number of nitrogens with one attached hydrogen (secondary N) is 1. The Labute approximate surface area is 150 Å². The van der Waals surface area contributed by atoms with Crippen LogP contribution >= 0.6 is 0 Å². The van der Waals surface area contributed by atoms with Crippen molar-refractivity contribution >= 4 is 28.3 Å². The molecule has 0 aliphatic carbocycles. The molecule has 1 amide bonds. The fraction of sp³-hybridized carbons (Fsp3) is 0.158. The molecule has 3 aromatic rings. The molecule has 0 saturated carbocycles. The minimum absolute atomic E-state index is 0.138. The number of rotatable bonds is 4. The van der Waals surface area contributed by atoms with Gasteiger partial charge in [0.2, 0.25) is 0 Å². The number of para-hydroxylation sites is 2. The van der Waals surface area contributed by atoms with Crippen molar-refractivity contribution in [1.82, 2.24) is 15.0 Å². The van der Waals surface area contributed by atoms with Crippen LogP contribution in [0.1, 0.15) is 18.2 Å². The van der Waals surface area contributed by atoms with Gasteiger partial charge in [-0.25, -0.2) is 10.4 Å². The highest BCUT2D eigenvalue weighted by Crippen LogP contribution is 2.10. The zero-order valence-corrected chi connectivity index (χ0v) is 14.6. The lowest BCUT2D eigenvalue weighted by molar-refractivity contribution is -0.121. The fourth-order valence-electron chi connectivity index (χ4n) is 2.59. The molecule has 26 heavy (non-hydrogen) atoms. The zero-order chi connectivity index (χ0) is 18.7. The van der Waals surface area contributed by atoms with Crippen LogP contribution in [0.5, 0.6) is 0 Å². The highest BCUT2D eigenvalue weighted by Gasteiger charge is 2.11. The first-order valence-corrected chi connectivity index (χ1v) is 8.11. The number of fused-ring (bicyclic) bond motifs is 1. The van der Waals surface area contributed by atoms with E-state index in [1.807, 2.05) is 18.2 Å². The van der Waals surface area contributed by atoms with E-state index in [0.717, 1.165) is 5.56 Å². The summed E-state index contributed by atoms with van der Waals surface area (Å²) < 4.78 is 1.40. The number of hydrazone groups is 1. The predicted octanol–water partition coefficient (Wildman–Crippen LogP) is 1.83. The number of benzene rings is 2. The normalized spacial score (nSPS) is 11.5. The number of aromatic nitrogens is 2. The Morgan fingerprint density at radius 2 is 1.88 bits per heavy atom. The molecule has 132 valence electrons. The van der Waals surface area contributed by atoms with Crippen LogP contribution in [0.3, 0.4) is 0 Å². The molecule has 3 N–H and O–H groups in total. The van der Waals surface area contributed by atoms with Crippen LogP contribution in [-0.4, -0.2) is 21.2 Å². The van der Waals surface area contributed by atoms with E-state index >= 15 is 0 Å². The number of amides is 1. The van der Waals surface area contributed by atoms with Gasteiger partial charge in [0, 0.05) is 5.69 Å². The third-order valence-electron chi connectivity index (χ3n) is 3.99. The van der Waals surface area contributed by atoms with Crippen molar-refractivity contribution in [2.24, 2.45) is 5.10 Å². The maximum absolute atomic E-state index is 12.4. The molecule has 1 heterocycles. The molecule has 0 aliphatic rings. The fourth-order valence-corrected chi connectivity index (χ4v) is 2.59. The molecule has 1 aromatic heterocycles. The van der Waals surface area contributed by atoms with Crippen molar-refractivity contribution in [3.8, 4) is 0 Å². The van der Waals surface area contributed by atoms with Crippen molar-refractivity contribution < 1.29 is 4.79 Å². The number of anilines is 1. The average molecular weight is 349 g/mol. The average Bonchev–Trinajstić information content (AvgIpc) is 2.64. The molecular weight excluding hydrogens is 330 g/mol. The third-order valence-corrected chi connectivity index (χ3v) is 3.99. The Kier molecular flexibility index (Phi) is 4.79. The van der Waals surface area contributed by atoms with Gasteiger partial charge in [-0.1, -0.05) is 24.3 Å². The summed E-state index contributed by atoms with van der Waals surface area (Å²) in [6.07, 6.45) is 0. The summed E-state index contributed by atoms with van der Waals surface area (Å²) in [5, 5.41) is 4.10. The van der Waals surface area contributed by atoms with Crippen LogP contribution in [0.4, 0.5) is 5.69 Å². The molecule has 0 saturated heterocycles. The quantitative estimate of drug-likeness (QED) is 0.426. The number of carbonyl (C=O) groups is 1. The summed E-state index contributed by atoms with van der Waals surface area (Å²) in [5.41, 5.74) is 11.6. The van der Waals surface area contributed by atoms with Gasteiger partial charge in [-0.2, -0.15) is 5.10 Å². The first-order valence-electron chi connectivity index (χ1n) is 8.11. The molecule has 0 atom stereocenters. The maximum atomic E-state index is 12.4.